The average Bonchev–Trinajstić information content (AvgIpc) is 3.00. The van der Waals surface area contributed by atoms with E-state index in [1.165, 1.54) is 24.3 Å². The molecular weight excluding hydrogens is 318 g/mol. The number of aromatic nitrogens is 3. The molecule has 1 aromatic carbocycles. The second-order valence-electron chi connectivity index (χ2n) is 4.28. The normalized spacial score (nSPS) is 11.5. The molecule has 0 saturated heterocycles. The number of pyridine rings is 1. The fourth-order valence-electron chi connectivity index (χ4n) is 1.65. The largest absolute Gasteiger partial charge is 0.471 e. The van der Waals surface area contributed by atoms with Crippen LogP contribution >= 0.6 is 0 Å². The third-order valence-electron chi connectivity index (χ3n) is 2.63. The average molecular weight is 324 g/mol. The highest BCUT2D eigenvalue weighted by Gasteiger charge is 2.38. The van der Waals surface area contributed by atoms with E-state index >= 15 is 0 Å². The highest BCUT2D eigenvalue weighted by molar-refractivity contribution is 5.57. The van der Waals surface area contributed by atoms with Crippen molar-refractivity contribution in [3.8, 4) is 22.9 Å². The molecule has 0 aliphatic rings. The van der Waals surface area contributed by atoms with Crippen molar-refractivity contribution in [2.75, 3.05) is 0 Å². The van der Waals surface area contributed by atoms with Gasteiger partial charge < -0.3 is 9.26 Å². The van der Waals surface area contributed by atoms with Gasteiger partial charge in [-0.2, -0.15) is 22.5 Å². The molecule has 0 spiro atoms. The molecule has 23 heavy (non-hydrogen) atoms. The predicted octanol–water partition coefficient (Wildman–Crippen LogP) is 3.88. The van der Waals surface area contributed by atoms with E-state index in [9.17, 15) is 17.6 Å². The van der Waals surface area contributed by atoms with E-state index in [4.69, 9.17) is 4.74 Å². The molecule has 0 N–H and O–H groups in total. The van der Waals surface area contributed by atoms with Crippen LogP contribution in [0.1, 0.15) is 5.89 Å². The minimum Gasteiger partial charge on any atom is -0.455 e. The smallest absolute Gasteiger partial charge is 0.455 e. The van der Waals surface area contributed by atoms with Crippen LogP contribution in [0.5, 0.6) is 11.5 Å². The second kappa shape index (κ2) is 5.67. The molecule has 9 heteroatoms. The van der Waals surface area contributed by atoms with E-state index in [1.54, 1.807) is 0 Å². The number of nitrogens with zero attached hydrogens (tertiary/aromatic N) is 3. The number of ether oxygens (including phenoxy) is 1. The maximum absolute atomic E-state index is 12.7. The topological polar surface area (TPSA) is 61.0 Å². The molecule has 5 nitrogen and oxygen atoms in total. The van der Waals surface area contributed by atoms with Crippen molar-refractivity contribution in [3.05, 3.63) is 54.4 Å². The summed E-state index contributed by atoms with van der Waals surface area (Å²) in [7, 11) is 0. The van der Waals surface area contributed by atoms with Crippen molar-refractivity contribution in [2.45, 2.75) is 6.18 Å². The van der Waals surface area contributed by atoms with Gasteiger partial charge in [0.15, 0.2) is 0 Å². The van der Waals surface area contributed by atoms with Gasteiger partial charge in [-0.15, -0.1) is 0 Å². The Bertz CT molecular complexity index is 815. The number of alkyl halides is 3. The van der Waals surface area contributed by atoms with E-state index in [2.05, 4.69) is 25.7 Å². The van der Waals surface area contributed by atoms with Crippen molar-refractivity contribution in [1.82, 2.24) is 15.1 Å². The fourth-order valence-corrected chi connectivity index (χ4v) is 1.65. The molecular formula is C14H6F4N3O2. The third kappa shape index (κ3) is 3.44. The van der Waals surface area contributed by atoms with Gasteiger partial charge in [-0.1, -0.05) is 11.2 Å². The van der Waals surface area contributed by atoms with Crippen molar-refractivity contribution < 1.29 is 26.8 Å². The molecule has 3 aromatic rings. The molecule has 117 valence electrons. The first-order valence-corrected chi connectivity index (χ1v) is 6.14. The Balaban J connectivity index is 1.85. The van der Waals surface area contributed by atoms with Gasteiger partial charge in [0.05, 0.1) is 6.20 Å². The number of halogens is 4. The second-order valence-corrected chi connectivity index (χ2v) is 4.28. The van der Waals surface area contributed by atoms with Crippen LogP contribution in [0.25, 0.3) is 11.4 Å². The number of benzene rings is 1. The Morgan fingerprint density at radius 1 is 1.17 bits per heavy atom. The summed E-state index contributed by atoms with van der Waals surface area (Å²) in [5, 5.41) is 3.28. The van der Waals surface area contributed by atoms with E-state index in [0.29, 0.717) is 0 Å². The molecule has 3 rings (SSSR count). The van der Waals surface area contributed by atoms with Crippen molar-refractivity contribution >= 4 is 0 Å². The third-order valence-corrected chi connectivity index (χ3v) is 2.63. The molecule has 0 fully saturated rings. The van der Waals surface area contributed by atoms with Gasteiger partial charge in [-0.25, -0.2) is 4.98 Å². The SMILES string of the molecule is Fc1ccc(Oc2[c]ccc(-c3noc(C(F)(F)F)n3)c2)cn1. The summed E-state index contributed by atoms with van der Waals surface area (Å²) in [6.07, 6.45) is -3.56. The molecule has 0 aliphatic carbocycles. The summed E-state index contributed by atoms with van der Waals surface area (Å²) >= 11 is 0. The summed E-state index contributed by atoms with van der Waals surface area (Å²) in [6, 6.07) is 9.41. The van der Waals surface area contributed by atoms with Crippen LogP contribution in [-0.2, 0) is 6.18 Å². The number of rotatable bonds is 3. The Morgan fingerprint density at radius 3 is 2.65 bits per heavy atom. The Hall–Kier alpha value is -2.97. The molecule has 2 heterocycles. The summed E-state index contributed by atoms with van der Waals surface area (Å²) in [4.78, 5) is 6.69. The summed E-state index contributed by atoms with van der Waals surface area (Å²) < 4.78 is 59.6. The van der Waals surface area contributed by atoms with Gasteiger partial charge in [0.25, 0.3) is 0 Å². The van der Waals surface area contributed by atoms with Crippen molar-refractivity contribution in [1.29, 1.82) is 0 Å². The van der Waals surface area contributed by atoms with Gasteiger partial charge in [0, 0.05) is 11.6 Å². The van der Waals surface area contributed by atoms with Crippen LogP contribution < -0.4 is 4.74 Å². The number of hydrogen-bond acceptors (Lipinski definition) is 5. The van der Waals surface area contributed by atoms with E-state index < -0.39 is 18.0 Å². The van der Waals surface area contributed by atoms with Gasteiger partial charge >= 0.3 is 12.1 Å². The Labute approximate surface area is 126 Å². The van der Waals surface area contributed by atoms with E-state index in [-0.39, 0.29) is 22.9 Å². The lowest BCUT2D eigenvalue weighted by atomic mass is 10.2. The first-order valence-electron chi connectivity index (χ1n) is 6.14. The summed E-state index contributed by atoms with van der Waals surface area (Å²) in [5.41, 5.74) is 0.244. The van der Waals surface area contributed by atoms with Crippen molar-refractivity contribution in [2.24, 2.45) is 0 Å². The molecule has 2 aromatic heterocycles. The molecule has 0 atom stereocenters. The molecule has 0 bridgehead atoms. The van der Waals surface area contributed by atoms with Crippen LogP contribution in [-0.4, -0.2) is 15.1 Å². The molecule has 1 radical (unpaired) electrons. The van der Waals surface area contributed by atoms with Gasteiger partial charge in [-0.05, 0) is 24.3 Å². The summed E-state index contributed by atoms with van der Waals surface area (Å²) in [6.45, 7) is 0. The highest BCUT2D eigenvalue weighted by Crippen LogP contribution is 2.30. The van der Waals surface area contributed by atoms with E-state index in [0.717, 1.165) is 12.3 Å². The van der Waals surface area contributed by atoms with Crippen LogP contribution in [0.2, 0.25) is 0 Å². The Kier molecular flexibility index (Phi) is 3.68. The zero-order valence-electron chi connectivity index (χ0n) is 11.1. The van der Waals surface area contributed by atoms with Crippen LogP contribution in [0.3, 0.4) is 0 Å². The minimum atomic E-state index is -4.72. The lowest BCUT2D eigenvalue weighted by Crippen LogP contribution is -2.04. The van der Waals surface area contributed by atoms with Gasteiger partial charge in [-0.3, -0.25) is 0 Å². The lowest BCUT2D eigenvalue weighted by molar-refractivity contribution is -0.159. The van der Waals surface area contributed by atoms with Crippen LogP contribution in [0.15, 0.2) is 41.1 Å². The van der Waals surface area contributed by atoms with Gasteiger partial charge in [0.1, 0.15) is 11.5 Å². The molecule has 0 saturated carbocycles. The van der Waals surface area contributed by atoms with Gasteiger partial charge in [0.2, 0.25) is 11.8 Å². The maximum Gasteiger partial charge on any atom is 0.471 e. The van der Waals surface area contributed by atoms with Crippen LogP contribution in [0, 0.1) is 12.0 Å². The van der Waals surface area contributed by atoms with Crippen LogP contribution in [0.4, 0.5) is 17.6 Å². The lowest BCUT2D eigenvalue weighted by Gasteiger charge is -2.05. The summed E-state index contributed by atoms with van der Waals surface area (Å²) in [5.74, 6) is -1.93. The fraction of sp³-hybridized carbons (Fsp3) is 0.0714. The highest BCUT2D eigenvalue weighted by atomic mass is 19.4. The van der Waals surface area contributed by atoms with Crippen molar-refractivity contribution in [3.63, 3.8) is 0 Å². The number of hydrogen-bond donors (Lipinski definition) is 0. The molecule has 0 unspecified atom stereocenters. The monoisotopic (exact) mass is 324 g/mol. The molecule has 0 amide bonds. The van der Waals surface area contributed by atoms with E-state index in [1.807, 2.05) is 0 Å². The molecule has 0 aliphatic heterocycles. The predicted molar refractivity (Wildman–Crippen MR) is 67.8 cm³/mol. The standard InChI is InChI=1S/C14H6F4N3O2/c15-11-5-4-10(7-19-11)22-9-3-1-2-8(6-9)12-20-13(23-21-12)14(16,17)18/h1-2,4-7H. The first-order chi connectivity index (χ1) is 10.9. The quantitative estimate of drug-likeness (QED) is 0.540. The zero-order chi connectivity index (χ0) is 16.4. The Morgan fingerprint density at radius 2 is 2.00 bits per heavy atom. The zero-order valence-corrected chi connectivity index (χ0v) is 11.1. The maximum atomic E-state index is 12.7. The first kappa shape index (κ1) is 14.9. The minimum absolute atomic E-state index is 0.175.